The zero-order chi connectivity index (χ0) is 20.5. The van der Waals surface area contributed by atoms with Crippen LogP contribution in [-0.2, 0) is 9.59 Å². The highest BCUT2D eigenvalue weighted by Crippen LogP contribution is 2.27. The highest BCUT2D eigenvalue weighted by molar-refractivity contribution is 6.30. The number of aryl methyl sites for hydroxylation is 1. The van der Waals surface area contributed by atoms with Crippen molar-refractivity contribution in [3.8, 4) is 17.2 Å². The average Bonchev–Trinajstić information content (AvgIpc) is 2.66. The minimum absolute atomic E-state index is 0.191. The number of nitrogens with one attached hydrogen (secondary N) is 1. The Balaban J connectivity index is 1.89. The molecular weight excluding hydrogens is 386 g/mol. The molecule has 0 fully saturated rings. The second-order valence-corrected chi connectivity index (χ2v) is 6.09. The van der Waals surface area contributed by atoms with Crippen LogP contribution in [0.4, 0.5) is 0 Å². The van der Waals surface area contributed by atoms with Crippen molar-refractivity contribution < 1.29 is 23.8 Å². The Bertz CT molecular complexity index is 886. The van der Waals surface area contributed by atoms with Crippen LogP contribution in [0, 0.1) is 6.92 Å². The highest BCUT2D eigenvalue weighted by atomic mass is 35.5. The molecule has 2 amide bonds. The van der Waals surface area contributed by atoms with Gasteiger partial charge in [-0.05, 0) is 54.4 Å². The third-order valence-corrected chi connectivity index (χ3v) is 3.69. The summed E-state index contributed by atoms with van der Waals surface area (Å²) in [6, 6.07) is 10.1. The summed E-state index contributed by atoms with van der Waals surface area (Å²) < 4.78 is 15.9. The van der Waals surface area contributed by atoms with E-state index in [9.17, 15) is 9.59 Å². The number of benzene rings is 2. The van der Waals surface area contributed by atoms with Gasteiger partial charge in [0.1, 0.15) is 5.75 Å². The maximum atomic E-state index is 11.8. The van der Waals surface area contributed by atoms with Crippen LogP contribution in [0.15, 0.2) is 41.5 Å². The number of nitrogens with zero attached hydrogens (tertiary/aromatic N) is 1. The van der Waals surface area contributed by atoms with Crippen molar-refractivity contribution in [1.82, 2.24) is 5.43 Å². The van der Waals surface area contributed by atoms with Gasteiger partial charge in [-0.15, -0.1) is 0 Å². The molecule has 2 aromatic carbocycles. The van der Waals surface area contributed by atoms with E-state index in [1.54, 1.807) is 36.4 Å². The smallest absolute Gasteiger partial charge is 0.277 e. The number of nitrogens with two attached hydrogens (primary N) is 1. The molecule has 2 rings (SSSR count). The van der Waals surface area contributed by atoms with Crippen LogP contribution in [0.1, 0.15) is 11.1 Å². The molecule has 0 aliphatic carbocycles. The van der Waals surface area contributed by atoms with Gasteiger partial charge in [0, 0.05) is 5.02 Å². The molecule has 8 nitrogen and oxygen atoms in total. The Hall–Kier alpha value is -3.26. The fourth-order valence-corrected chi connectivity index (χ4v) is 2.39. The predicted molar refractivity (Wildman–Crippen MR) is 105 cm³/mol. The molecule has 0 heterocycles. The molecule has 0 saturated heterocycles. The Kier molecular flexibility index (Phi) is 7.65. The molecule has 3 N–H and O–H groups in total. The first-order valence-electron chi connectivity index (χ1n) is 8.19. The van der Waals surface area contributed by atoms with E-state index >= 15 is 0 Å². The maximum Gasteiger partial charge on any atom is 0.277 e. The lowest BCUT2D eigenvalue weighted by atomic mass is 10.2. The molecule has 0 unspecified atom stereocenters. The molecule has 9 heteroatoms. The Morgan fingerprint density at radius 3 is 2.50 bits per heavy atom. The van der Waals surface area contributed by atoms with Gasteiger partial charge in [0.2, 0.25) is 0 Å². The van der Waals surface area contributed by atoms with Gasteiger partial charge >= 0.3 is 0 Å². The molecular formula is C19H20ClN3O5. The molecule has 0 atom stereocenters. The summed E-state index contributed by atoms with van der Waals surface area (Å²) in [5.74, 6) is 0.331. The maximum absolute atomic E-state index is 11.8. The van der Waals surface area contributed by atoms with E-state index in [2.05, 4.69) is 10.5 Å². The second-order valence-electron chi connectivity index (χ2n) is 5.66. The van der Waals surface area contributed by atoms with Crippen molar-refractivity contribution in [3.63, 3.8) is 0 Å². The molecule has 0 aromatic heterocycles. The Morgan fingerprint density at radius 1 is 1.11 bits per heavy atom. The lowest BCUT2D eigenvalue weighted by Crippen LogP contribution is -2.24. The number of rotatable bonds is 9. The molecule has 0 radical (unpaired) electrons. The first-order valence-corrected chi connectivity index (χ1v) is 8.57. The van der Waals surface area contributed by atoms with E-state index in [-0.39, 0.29) is 13.2 Å². The van der Waals surface area contributed by atoms with Crippen LogP contribution in [0.2, 0.25) is 5.02 Å². The van der Waals surface area contributed by atoms with Crippen molar-refractivity contribution >= 4 is 29.6 Å². The van der Waals surface area contributed by atoms with Crippen molar-refractivity contribution in [2.75, 3.05) is 20.3 Å². The standard InChI is InChI=1S/C19H20ClN3O5/c1-12-7-14(20)4-6-15(12)28-11-19(25)23-22-9-13-3-5-16(17(8-13)26-2)27-10-18(21)24/h3-9H,10-11H2,1-2H3,(H2,21,24)(H,23,25)/b22-9-. The minimum Gasteiger partial charge on any atom is -0.493 e. The minimum atomic E-state index is -0.591. The molecule has 0 bridgehead atoms. The van der Waals surface area contributed by atoms with E-state index in [0.717, 1.165) is 5.56 Å². The zero-order valence-electron chi connectivity index (χ0n) is 15.4. The van der Waals surface area contributed by atoms with Gasteiger partial charge in [-0.2, -0.15) is 5.10 Å². The van der Waals surface area contributed by atoms with Crippen LogP contribution in [0.5, 0.6) is 17.2 Å². The number of hydrogen-bond acceptors (Lipinski definition) is 6. The largest absolute Gasteiger partial charge is 0.493 e. The Morgan fingerprint density at radius 2 is 1.82 bits per heavy atom. The SMILES string of the molecule is COc1cc(/C=N\NC(=O)COc2ccc(Cl)cc2C)ccc1OCC(N)=O. The van der Waals surface area contributed by atoms with Gasteiger partial charge in [0.15, 0.2) is 24.7 Å². The number of carbonyl (C=O) groups excluding carboxylic acids is 2. The fraction of sp³-hybridized carbons (Fsp3) is 0.211. The number of hydrogen-bond donors (Lipinski definition) is 2. The van der Waals surface area contributed by atoms with E-state index in [0.29, 0.717) is 27.8 Å². The fourth-order valence-electron chi connectivity index (χ4n) is 2.16. The second kappa shape index (κ2) is 10.2. The number of methoxy groups -OCH3 is 1. The van der Waals surface area contributed by atoms with Gasteiger partial charge in [-0.3, -0.25) is 9.59 Å². The number of halogens is 1. The van der Waals surface area contributed by atoms with Gasteiger partial charge in [-0.1, -0.05) is 11.6 Å². The first-order chi connectivity index (χ1) is 13.4. The topological polar surface area (TPSA) is 112 Å². The summed E-state index contributed by atoms with van der Waals surface area (Å²) in [4.78, 5) is 22.6. The quantitative estimate of drug-likeness (QED) is 0.489. The van der Waals surface area contributed by atoms with Crippen molar-refractivity contribution in [2.45, 2.75) is 6.92 Å². The molecule has 0 aliphatic heterocycles. The third kappa shape index (κ3) is 6.48. The number of hydrazone groups is 1. The first kappa shape index (κ1) is 21.0. The van der Waals surface area contributed by atoms with E-state index < -0.39 is 11.8 Å². The van der Waals surface area contributed by atoms with Gasteiger partial charge < -0.3 is 19.9 Å². The normalized spacial score (nSPS) is 10.5. The molecule has 2 aromatic rings. The molecule has 0 saturated carbocycles. The van der Waals surface area contributed by atoms with Crippen molar-refractivity contribution in [3.05, 3.63) is 52.5 Å². The number of carbonyl (C=O) groups is 2. The summed E-state index contributed by atoms with van der Waals surface area (Å²) >= 11 is 5.88. The summed E-state index contributed by atoms with van der Waals surface area (Å²) in [7, 11) is 1.46. The van der Waals surface area contributed by atoms with E-state index in [4.69, 9.17) is 31.5 Å². The summed E-state index contributed by atoms with van der Waals surface area (Å²) in [6.07, 6.45) is 1.44. The summed E-state index contributed by atoms with van der Waals surface area (Å²) in [5.41, 5.74) is 8.90. The van der Waals surface area contributed by atoms with Gasteiger partial charge in [0.25, 0.3) is 11.8 Å². The van der Waals surface area contributed by atoms with E-state index in [1.807, 2.05) is 6.92 Å². The lowest BCUT2D eigenvalue weighted by Gasteiger charge is -2.10. The average molecular weight is 406 g/mol. The lowest BCUT2D eigenvalue weighted by molar-refractivity contribution is -0.123. The van der Waals surface area contributed by atoms with Crippen LogP contribution in [-0.4, -0.2) is 38.4 Å². The summed E-state index contributed by atoms with van der Waals surface area (Å²) in [5, 5.41) is 4.47. The third-order valence-electron chi connectivity index (χ3n) is 3.46. The van der Waals surface area contributed by atoms with Crippen LogP contribution < -0.4 is 25.4 Å². The molecule has 148 valence electrons. The van der Waals surface area contributed by atoms with Gasteiger partial charge in [0.05, 0.1) is 13.3 Å². The molecule has 28 heavy (non-hydrogen) atoms. The number of amides is 2. The number of primary amides is 1. The summed E-state index contributed by atoms with van der Waals surface area (Å²) in [6.45, 7) is 1.39. The van der Waals surface area contributed by atoms with Crippen molar-refractivity contribution in [1.29, 1.82) is 0 Å². The zero-order valence-corrected chi connectivity index (χ0v) is 16.2. The highest BCUT2D eigenvalue weighted by Gasteiger charge is 2.07. The van der Waals surface area contributed by atoms with Gasteiger partial charge in [-0.25, -0.2) is 5.43 Å². The number of ether oxygens (including phenoxy) is 3. The van der Waals surface area contributed by atoms with Crippen LogP contribution in [0.25, 0.3) is 0 Å². The monoisotopic (exact) mass is 405 g/mol. The van der Waals surface area contributed by atoms with Crippen LogP contribution >= 0.6 is 11.6 Å². The molecule has 0 aliphatic rings. The van der Waals surface area contributed by atoms with E-state index in [1.165, 1.54) is 13.3 Å². The van der Waals surface area contributed by atoms with Crippen LogP contribution in [0.3, 0.4) is 0 Å². The molecule has 0 spiro atoms. The predicted octanol–water partition coefficient (Wildman–Crippen LogP) is 2.05. The van der Waals surface area contributed by atoms with Crippen molar-refractivity contribution in [2.24, 2.45) is 10.8 Å². The Labute approximate surface area is 167 Å².